The SMILES string of the molecule is CCc1cccc(-c2cc(-c3cncc(F)c3)no2)c1. The Morgan fingerprint density at radius 3 is 2.80 bits per heavy atom. The zero-order chi connectivity index (χ0) is 13.9. The van der Waals surface area contributed by atoms with Crippen molar-refractivity contribution in [1.29, 1.82) is 0 Å². The molecule has 0 aliphatic carbocycles. The topological polar surface area (TPSA) is 38.9 Å². The number of benzene rings is 1. The Morgan fingerprint density at radius 2 is 2.00 bits per heavy atom. The Kier molecular flexibility index (Phi) is 3.29. The zero-order valence-corrected chi connectivity index (χ0v) is 11.0. The fourth-order valence-corrected chi connectivity index (χ4v) is 2.04. The second kappa shape index (κ2) is 5.25. The molecule has 0 unspecified atom stereocenters. The molecule has 1 aromatic carbocycles. The number of pyridine rings is 1. The number of halogens is 1. The van der Waals surface area contributed by atoms with Gasteiger partial charge in [0.2, 0.25) is 0 Å². The molecule has 0 amide bonds. The number of rotatable bonds is 3. The molecule has 0 N–H and O–H groups in total. The van der Waals surface area contributed by atoms with Gasteiger partial charge in [0, 0.05) is 23.4 Å². The van der Waals surface area contributed by atoms with Crippen molar-refractivity contribution < 1.29 is 8.91 Å². The maximum Gasteiger partial charge on any atom is 0.167 e. The molecule has 0 spiro atoms. The Morgan fingerprint density at radius 1 is 1.10 bits per heavy atom. The van der Waals surface area contributed by atoms with Crippen LogP contribution in [0.4, 0.5) is 4.39 Å². The number of aromatic nitrogens is 2. The van der Waals surface area contributed by atoms with Gasteiger partial charge < -0.3 is 4.52 Å². The van der Waals surface area contributed by atoms with Crippen LogP contribution in [-0.4, -0.2) is 10.1 Å². The summed E-state index contributed by atoms with van der Waals surface area (Å²) >= 11 is 0. The van der Waals surface area contributed by atoms with E-state index in [1.54, 1.807) is 12.3 Å². The molecule has 100 valence electrons. The van der Waals surface area contributed by atoms with E-state index in [9.17, 15) is 4.39 Å². The van der Waals surface area contributed by atoms with E-state index >= 15 is 0 Å². The quantitative estimate of drug-likeness (QED) is 0.717. The molecule has 0 saturated heterocycles. The van der Waals surface area contributed by atoms with Gasteiger partial charge in [0.15, 0.2) is 5.76 Å². The van der Waals surface area contributed by atoms with Crippen molar-refractivity contribution >= 4 is 0 Å². The summed E-state index contributed by atoms with van der Waals surface area (Å²) in [6.07, 6.45) is 3.69. The van der Waals surface area contributed by atoms with E-state index < -0.39 is 0 Å². The van der Waals surface area contributed by atoms with Crippen molar-refractivity contribution in [2.75, 3.05) is 0 Å². The normalized spacial score (nSPS) is 10.7. The molecule has 0 bridgehead atoms. The van der Waals surface area contributed by atoms with Crippen LogP contribution in [0.25, 0.3) is 22.6 Å². The monoisotopic (exact) mass is 268 g/mol. The van der Waals surface area contributed by atoms with Gasteiger partial charge >= 0.3 is 0 Å². The third kappa shape index (κ3) is 2.45. The molecule has 2 aromatic heterocycles. The van der Waals surface area contributed by atoms with Gasteiger partial charge in [-0.1, -0.05) is 30.3 Å². The lowest BCUT2D eigenvalue weighted by molar-refractivity contribution is 0.435. The largest absolute Gasteiger partial charge is 0.356 e. The molecule has 2 heterocycles. The first-order chi connectivity index (χ1) is 9.76. The van der Waals surface area contributed by atoms with E-state index in [-0.39, 0.29) is 5.82 Å². The maximum absolute atomic E-state index is 13.2. The Balaban J connectivity index is 1.97. The maximum atomic E-state index is 13.2. The van der Waals surface area contributed by atoms with Crippen LogP contribution in [0.3, 0.4) is 0 Å². The molecule has 3 aromatic rings. The van der Waals surface area contributed by atoms with Crippen molar-refractivity contribution in [3.8, 4) is 22.6 Å². The molecule has 0 fully saturated rings. The molecule has 0 aliphatic rings. The summed E-state index contributed by atoms with van der Waals surface area (Å²) in [5.74, 6) is 0.277. The van der Waals surface area contributed by atoms with Crippen LogP contribution in [0.2, 0.25) is 0 Å². The summed E-state index contributed by atoms with van der Waals surface area (Å²) in [5.41, 5.74) is 3.38. The lowest BCUT2D eigenvalue weighted by Gasteiger charge is -1.98. The molecule has 0 radical (unpaired) electrons. The number of nitrogens with zero attached hydrogens (tertiary/aromatic N) is 2. The molecule has 0 aliphatic heterocycles. The van der Waals surface area contributed by atoms with E-state index in [0.717, 1.165) is 18.2 Å². The minimum Gasteiger partial charge on any atom is -0.356 e. The molecule has 4 heteroatoms. The summed E-state index contributed by atoms with van der Waals surface area (Å²) in [4.78, 5) is 3.81. The van der Waals surface area contributed by atoms with Crippen LogP contribution in [0.5, 0.6) is 0 Å². The number of aryl methyl sites for hydroxylation is 1. The second-order valence-corrected chi connectivity index (χ2v) is 4.52. The van der Waals surface area contributed by atoms with Gasteiger partial charge in [-0.25, -0.2) is 4.39 Å². The van der Waals surface area contributed by atoms with Crippen LogP contribution in [0.15, 0.2) is 53.3 Å². The minimum atomic E-state index is -0.389. The highest BCUT2D eigenvalue weighted by Gasteiger charge is 2.09. The second-order valence-electron chi connectivity index (χ2n) is 4.52. The van der Waals surface area contributed by atoms with Crippen molar-refractivity contribution in [2.24, 2.45) is 0 Å². The van der Waals surface area contributed by atoms with Crippen LogP contribution in [-0.2, 0) is 6.42 Å². The standard InChI is InChI=1S/C16H13FN2O/c1-2-11-4-3-5-12(6-11)16-8-15(19-20-16)13-7-14(17)10-18-9-13/h3-10H,2H2,1H3. The summed E-state index contributed by atoms with van der Waals surface area (Å²) in [6.45, 7) is 2.10. The van der Waals surface area contributed by atoms with Crippen molar-refractivity contribution in [2.45, 2.75) is 13.3 Å². The predicted octanol–water partition coefficient (Wildman–Crippen LogP) is 4.11. The molecule has 3 rings (SSSR count). The van der Waals surface area contributed by atoms with E-state index in [1.165, 1.54) is 11.6 Å². The highest BCUT2D eigenvalue weighted by molar-refractivity contribution is 5.66. The highest BCUT2D eigenvalue weighted by Crippen LogP contribution is 2.26. The van der Waals surface area contributed by atoms with Crippen molar-refractivity contribution in [3.63, 3.8) is 0 Å². The van der Waals surface area contributed by atoms with Crippen LogP contribution in [0, 0.1) is 5.82 Å². The van der Waals surface area contributed by atoms with E-state index in [1.807, 2.05) is 12.1 Å². The zero-order valence-electron chi connectivity index (χ0n) is 11.0. The summed E-state index contributed by atoms with van der Waals surface area (Å²) in [7, 11) is 0. The fourth-order valence-electron chi connectivity index (χ4n) is 2.04. The van der Waals surface area contributed by atoms with Crippen LogP contribution in [0.1, 0.15) is 12.5 Å². The van der Waals surface area contributed by atoms with Crippen molar-refractivity contribution in [3.05, 3.63) is 60.2 Å². The molecule has 3 nitrogen and oxygen atoms in total. The molecule has 0 atom stereocenters. The lowest BCUT2D eigenvalue weighted by atomic mass is 10.1. The first kappa shape index (κ1) is 12.5. The third-order valence-electron chi connectivity index (χ3n) is 3.13. The fraction of sp³-hybridized carbons (Fsp3) is 0.125. The predicted molar refractivity (Wildman–Crippen MR) is 74.5 cm³/mol. The average molecular weight is 268 g/mol. The van der Waals surface area contributed by atoms with Crippen LogP contribution >= 0.6 is 0 Å². The third-order valence-corrected chi connectivity index (χ3v) is 3.13. The number of hydrogen-bond acceptors (Lipinski definition) is 3. The van der Waals surface area contributed by atoms with Gasteiger partial charge in [-0.15, -0.1) is 0 Å². The summed E-state index contributed by atoms with van der Waals surface area (Å²) in [5, 5.41) is 3.98. The van der Waals surface area contributed by atoms with Gasteiger partial charge in [-0.05, 0) is 24.1 Å². The Hall–Kier alpha value is -2.49. The Bertz CT molecular complexity index is 737. The summed E-state index contributed by atoms with van der Waals surface area (Å²) < 4.78 is 18.5. The van der Waals surface area contributed by atoms with Crippen molar-refractivity contribution in [1.82, 2.24) is 10.1 Å². The summed E-state index contributed by atoms with van der Waals surface area (Å²) in [6, 6.07) is 11.3. The minimum absolute atomic E-state index is 0.389. The van der Waals surface area contributed by atoms with E-state index in [2.05, 4.69) is 29.2 Å². The first-order valence-corrected chi connectivity index (χ1v) is 6.43. The molecule has 0 saturated carbocycles. The smallest absolute Gasteiger partial charge is 0.167 e. The van der Waals surface area contributed by atoms with E-state index in [0.29, 0.717) is 17.0 Å². The van der Waals surface area contributed by atoms with Gasteiger partial charge in [0.05, 0.1) is 6.20 Å². The highest BCUT2D eigenvalue weighted by atomic mass is 19.1. The Labute approximate surface area is 116 Å². The van der Waals surface area contributed by atoms with Gasteiger partial charge in [-0.3, -0.25) is 4.98 Å². The molecular formula is C16H13FN2O. The first-order valence-electron chi connectivity index (χ1n) is 6.43. The average Bonchev–Trinajstić information content (AvgIpc) is 2.97. The lowest BCUT2D eigenvalue weighted by Crippen LogP contribution is -1.82. The van der Waals surface area contributed by atoms with E-state index in [4.69, 9.17) is 4.52 Å². The van der Waals surface area contributed by atoms with Crippen LogP contribution < -0.4 is 0 Å². The van der Waals surface area contributed by atoms with Gasteiger partial charge in [0.1, 0.15) is 11.5 Å². The molecular weight excluding hydrogens is 255 g/mol. The number of hydrogen-bond donors (Lipinski definition) is 0. The van der Waals surface area contributed by atoms with Gasteiger partial charge in [0.25, 0.3) is 0 Å². The van der Waals surface area contributed by atoms with Gasteiger partial charge in [-0.2, -0.15) is 0 Å². The molecule has 20 heavy (non-hydrogen) atoms.